The SMILES string of the molecule is c1ccc(N(c2ccc3sc4ccccc4c3c2)c2cccc3ccc4cc5c(cc4c23)sc2ccccc25)cc1. The molecule has 0 N–H and O–H groups in total. The third kappa shape index (κ3) is 3.53. The number of hydrogen-bond acceptors (Lipinski definition) is 3. The second-order valence-corrected chi connectivity index (χ2v) is 12.7. The van der Waals surface area contributed by atoms with Crippen LogP contribution in [0.25, 0.3) is 61.9 Å². The van der Waals surface area contributed by atoms with E-state index in [-0.39, 0.29) is 0 Å². The number of para-hydroxylation sites is 1. The van der Waals surface area contributed by atoms with Gasteiger partial charge in [0.15, 0.2) is 0 Å². The van der Waals surface area contributed by atoms with Gasteiger partial charge in [0.2, 0.25) is 0 Å². The average Bonchev–Trinajstić information content (AvgIpc) is 3.58. The second-order valence-electron chi connectivity index (χ2n) is 10.6. The normalized spacial score (nSPS) is 11.9. The van der Waals surface area contributed by atoms with Crippen LogP contribution in [0.5, 0.6) is 0 Å². The van der Waals surface area contributed by atoms with E-state index in [1.54, 1.807) is 0 Å². The molecule has 192 valence electrons. The van der Waals surface area contributed by atoms with Gasteiger partial charge in [-0.05, 0) is 76.8 Å². The highest BCUT2D eigenvalue weighted by Crippen LogP contribution is 2.45. The fourth-order valence-electron chi connectivity index (χ4n) is 6.36. The van der Waals surface area contributed by atoms with Gasteiger partial charge < -0.3 is 4.90 Å². The summed E-state index contributed by atoms with van der Waals surface area (Å²) in [7, 11) is 0. The highest BCUT2D eigenvalue weighted by Gasteiger charge is 2.19. The standard InChI is InChI=1S/C38H23NS2/c1-2-10-26(11-3-1)39(27-19-20-36-32(22-27)29-13-5-6-15-34(29)40-36)33-14-8-9-24-17-18-25-21-31-28-12-4-7-16-35(28)41-37(31)23-30(25)38(24)33/h1-23H. The van der Waals surface area contributed by atoms with Crippen LogP contribution in [0.2, 0.25) is 0 Å². The van der Waals surface area contributed by atoms with Crippen molar-refractivity contribution in [3.05, 3.63) is 140 Å². The number of benzene rings is 7. The maximum Gasteiger partial charge on any atom is 0.0546 e. The Bertz CT molecular complexity index is 2430. The first-order chi connectivity index (χ1) is 20.3. The molecule has 0 aliphatic carbocycles. The summed E-state index contributed by atoms with van der Waals surface area (Å²) >= 11 is 3.75. The Morgan fingerprint density at radius 2 is 1.02 bits per heavy atom. The van der Waals surface area contributed by atoms with Crippen LogP contribution in [0.1, 0.15) is 0 Å². The molecule has 9 aromatic rings. The summed E-state index contributed by atoms with van der Waals surface area (Å²) in [4.78, 5) is 2.43. The van der Waals surface area contributed by atoms with E-state index in [1.807, 2.05) is 22.7 Å². The van der Waals surface area contributed by atoms with Gasteiger partial charge in [0.1, 0.15) is 0 Å². The molecule has 9 rings (SSSR count). The van der Waals surface area contributed by atoms with Crippen molar-refractivity contribution >= 4 is 102 Å². The van der Waals surface area contributed by atoms with Gasteiger partial charge in [-0.2, -0.15) is 0 Å². The molecule has 1 nitrogen and oxygen atoms in total. The zero-order chi connectivity index (χ0) is 26.9. The molecule has 0 spiro atoms. The largest absolute Gasteiger partial charge is 0.310 e. The van der Waals surface area contributed by atoms with Gasteiger partial charge in [-0.15, -0.1) is 22.7 Å². The molecule has 0 aliphatic heterocycles. The summed E-state index contributed by atoms with van der Waals surface area (Å²) in [5.41, 5.74) is 3.51. The monoisotopic (exact) mass is 557 g/mol. The molecule has 0 saturated heterocycles. The molecule has 0 amide bonds. The maximum atomic E-state index is 2.43. The first kappa shape index (κ1) is 23.0. The molecule has 0 bridgehead atoms. The van der Waals surface area contributed by atoms with Crippen LogP contribution < -0.4 is 4.90 Å². The number of hydrogen-bond donors (Lipinski definition) is 0. The molecular weight excluding hydrogens is 535 g/mol. The van der Waals surface area contributed by atoms with Crippen LogP contribution in [-0.2, 0) is 0 Å². The first-order valence-corrected chi connectivity index (χ1v) is 15.5. The van der Waals surface area contributed by atoms with Crippen LogP contribution >= 0.6 is 22.7 Å². The van der Waals surface area contributed by atoms with Crippen molar-refractivity contribution in [2.75, 3.05) is 4.90 Å². The zero-order valence-electron chi connectivity index (χ0n) is 22.0. The van der Waals surface area contributed by atoms with Gasteiger partial charge in [-0.3, -0.25) is 0 Å². The average molecular weight is 558 g/mol. The van der Waals surface area contributed by atoms with Gasteiger partial charge in [0.05, 0.1) is 5.69 Å². The summed E-state index contributed by atoms with van der Waals surface area (Å²) in [6, 6.07) is 51.3. The number of nitrogens with zero attached hydrogens (tertiary/aromatic N) is 1. The number of rotatable bonds is 3. The van der Waals surface area contributed by atoms with Gasteiger partial charge in [-0.25, -0.2) is 0 Å². The molecule has 0 atom stereocenters. The fraction of sp³-hybridized carbons (Fsp3) is 0. The van der Waals surface area contributed by atoms with E-state index >= 15 is 0 Å². The van der Waals surface area contributed by atoms with Gasteiger partial charge >= 0.3 is 0 Å². The van der Waals surface area contributed by atoms with Crippen LogP contribution in [0.3, 0.4) is 0 Å². The molecule has 0 fully saturated rings. The Labute approximate surface area is 245 Å². The van der Waals surface area contributed by atoms with Crippen molar-refractivity contribution in [3.8, 4) is 0 Å². The highest BCUT2D eigenvalue weighted by atomic mass is 32.1. The maximum absolute atomic E-state index is 2.43. The molecule has 2 aromatic heterocycles. The Morgan fingerprint density at radius 3 is 1.83 bits per heavy atom. The quantitative estimate of drug-likeness (QED) is 0.195. The minimum absolute atomic E-state index is 1.15. The lowest BCUT2D eigenvalue weighted by molar-refractivity contribution is 1.31. The molecule has 41 heavy (non-hydrogen) atoms. The van der Waals surface area contributed by atoms with Crippen molar-refractivity contribution in [3.63, 3.8) is 0 Å². The summed E-state index contributed by atoms with van der Waals surface area (Å²) in [5, 5.41) is 10.4. The molecule has 0 unspecified atom stereocenters. The molecule has 3 heteroatoms. The third-order valence-corrected chi connectivity index (χ3v) is 10.5. The van der Waals surface area contributed by atoms with Gasteiger partial charge in [0, 0.05) is 57.1 Å². The van der Waals surface area contributed by atoms with Crippen LogP contribution in [0.15, 0.2) is 140 Å². The van der Waals surface area contributed by atoms with E-state index in [9.17, 15) is 0 Å². The van der Waals surface area contributed by atoms with E-state index in [4.69, 9.17) is 0 Å². The predicted octanol–water partition coefficient (Wildman–Crippen LogP) is 12.2. The Hall–Kier alpha value is -4.70. The number of fused-ring (bicyclic) bond motifs is 9. The van der Waals surface area contributed by atoms with E-state index in [1.165, 1.54) is 73.3 Å². The van der Waals surface area contributed by atoms with Crippen molar-refractivity contribution in [1.82, 2.24) is 0 Å². The van der Waals surface area contributed by atoms with Crippen molar-refractivity contribution in [2.24, 2.45) is 0 Å². The minimum Gasteiger partial charge on any atom is -0.310 e. The lowest BCUT2D eigenvalue weighted by Gasteiger charge is -2.27. The van der Waals surface area contributed by atoms with Crippen molar-refractivity contribution < 1.29 is 0 Å². The predicted molar refractivity (Wildman–Crippen MR) is 182 cm³/mol. The lowest BCUT2D eigenvalue weighted by atomic mass is 9.97. The zero-order valence-corrected chi connectivity index (χ0v) is 23.7. The minimum atomic E-state index is 1.15. The lowest BCUT2D eigenvalue weighted by Crippen LogP contribution is -2.10. The third-order valence-electron chi connectivity index (χ3n) is 8.21. The molecule has 0 aliphatic rings. The number of anilines is 3. The molecule has 2 heterocycles. The second kappa shape index (κ2) is 8.90. The van der Waals surface area contributed by atoms with Crippen LogP contribution in [0.4, 0.5) is 17.1 Å². The smallest absolute Gasteiger partial charge is 0.0546 e. The molecule has 7 aromatic carbocycles. The fourth-order valence-corrected chi connectivity index (χ4v) is 8.57. The Balaban J connectivity index is 1.36. The van der Waals surface area contributed by atoms with Crippen molar-refractivity contribution in [1.29, 1.82) is 0 Å². The molecule has 0 saturated carbocycles. The number of thiophene rings is 2. The van der Waals surface area contributed by atoms with E-state index in [2.05, 4.69) is 144 Å². The van der Waals surface area contributed by atoms with E-state index in [0.29, 0.717) is 0 Å². The van der Waals surface area contributed by atoms with E-state index in [0.717, 1.165) is 5.69 Å². The first-order valence-electron chi connectivity index (χ1n) is 13.9. The molecular formula is C38H23NS2. The van der Waals surface area contributed by atoms with Crippen LogP contribution in [-0.4, -0.2) is 0 Å². The highest BCUT2D eigenvalue weighted by molar-refractivity contribution is 7.26. The summed E-state index contributed by atoms with van der Waals surface area (Å²) in [6.45, 7) is 0. The van der Waals surface area contributed by atoms with Gasteiger partial charge in [-0.1, -0.05) is 78.9 Å². The van der Waals surface area contributed by atoms with Gasteiger partial charge in [0.25, 0.3) is 0 Å². The van der Waals surface area contributed by atoms with E-state index < -0.39 is 0 Å². The summed E-state index contributed by atoms with van der Waals surface area (Å²) in [6.07, 6.45) is 0. The topological polar surface area (TPSA) is 3.24 Å². The van der Waals surface area contributed by atoms with Crippen LogP contribution in [0, 0.1) is 0 Å². The summed E-state index contributed by atoms with van der Waals surface area (Å²) < 4.78 is 5.32. The Kier molecular flexibility index (Phi) is 5.00. The molecule has 0 radical (unpaired) electrons. The summed E-state index contributed by atoms with van der Waals surface area (Å²) in [5.74, 6) is 0. The Morgan fingerprint density at radius 1 is 0.366 bits per heavy atom. The van der Waals surface area contributed by atoms with Crippen molar-refractivity contribution in [2.45, 2.75) is 0 Å².